The Morgan fingerprint density at radius 1 is 1.47 bits per heavy atom. The molecule has 0 heterocycles. The van der Waals surface area contributed by atoms with Crippen LogP contribution in [0.4, 0.5) is 0 Å². The van der Waals surface area contributed by atoms with Gasteiger partial charge in [0, 0.05) is 8.04 Å². The van der Waals surface area contributed by atoms with E-state index in [0.29, 0.717) is 5.92 Å². The van der Waals surface area contributed by atoms with Gasteiger partial charge in [-0.25, -0.2) is 0 Å². The van der Waals surface area contributed by atoms with Crippen molar-refractivity contribution in [2.75, 3.05) is 0 Å². The molecule has 1 rings (SSSR count). The molecule has 1 nitrogen and oxygen atoms in total. The molecule has 3 heteroatoms. The number of rotatable bonds is 4. The van der Waals surface area contributed by atoms with Gasteiger partial charge in [0.05, 0.1) is 6.10 Å². The monoisotopic (exact) mass is 382 g/mol. The fraction of sp³-hybridized carbons (Fsp3) is 0.500. The molecule has 0 aromatic heterocycles. The van der Waals surface area contributed by atoms with Crippen molar-refractivity contribution in [3.8, 4) is 0 Å². The van der Waals surface area contributed by atoms with Crippen LogP contribution in [0.2, 0.25) is 0 Å². The number of hydrogen-bond acceptors (Lipinski definition) is 1. The fourth-order valence-corrected chi connectivity index (χ4v) is 2.52. The van der Waals surface area contributed by atoms with Crippen LogP contribution >= 0.6 is 38.5 Å². The highest BCUT2D eigenvalue weighted by Crippen LogP contribution is 2.28. The zero-order valence-electron chi connectivity index (χ0n) is 9.00. The SMILES string of the molecule is CCC(C)CC(O)c1cc(Br)ccc1I. The van der Waals surface area contributed by atoms with Gasteiger partial charge in [-0.1, -0.05) is 36.2 Å². The summed E-state index contributed by atoms with van der Waals surface area (Å²) < 4.78 is 2.16. The van der Waals surface area contributed by atoms with Gasteiger partial charge < -0.3 is 5.11 Å². The molecule has 0 aliphatic rings. The lowest BCUT2D eigenvalue weighted by Crippen LogP contribution is -2.05. The Hall–Kier alpha value is 0.390. The van der Waals surface area contributed by atoms with E-state index in [2.05, 4.69) is 52.4 Å². The molecule has 0 spiro atoms. The molecule has 0 aliphatic carbocycles. The van der Waals surface area contributed by atoms with E-state index in [1.807, 2.05) is 18.2 Å². The molecule has 15 heavy (non-hydrogen) atoms. The maximum absolute atomic E-state index is 10.1. The predicted molar refractivity (Wildman–Crippen MR) is 75.9 cm³/mol. The highest BCUT2D eigenvalue weighted by atomic mass is 127. The van der Waals surface area contributed by atoms with Crippen molar-refractivity contribution in [2.24, 2.45) is 5.92 Å². The molecule has 2 atom stereocenters. The first-order valence-corrected chi connectivity index (χ1v) is 7.04. The van der Waals surface area contributed by atoms with Crippen LogP contribution in [0.25, 0.3) is 0 Å². The maximum Gasteiger partial charge on any atom is 0.0803 e. The molecule has 1 aromatic carbocycles. The number of benzene rings is 1. The molecule has 0 radical (unpaired) electrons. The van der Waals surface area contributed by atoms with Crippen molar-refractivity contribution in [3.63, 3.8) is 0 Å². The van der Waals surface area contributed by atoms with Crippen LogP contribution in [0.15, 0.2) is 22.7 Å². The topological polar surface area (TPSA) is 20.2 Å². The molecule has 1 aromatic rings. The quantitative estimate of drug-likeness (QED) is 0.759. The van der Waals surface area contributed by atoms with Crippen LogP contribution in [0.1, 0.15) is 38.4 Å². The van der Waals surface area contributed by atoms with E-state index in [1.54, 1.807) is 0 Å². The average Bonchev–Trinajstić information content (AvgIpc) is 2.21. The number of aliphatic hydroxyl groups is 1. The summed E-state index contributed by atoms with van der Waals surface area (Å²) >= 11 is 5.70. The molecule has 0 fully saturated rings. The Balaban J connectivity index is 2.80. The van der Waals surface area contributed by atoms with Gasteiger partial charge in [-0.3, -0.25) is 0 Å². The van der Waals surface area contributed by atoms with E-state index in [1.165, 1.54) is 0 Å². The second-order valence-electron chi connectivity index (χ2n) is 3.93. The van der Waals surface area contributed by atoms with Crippen LogP contribution in [0.5, 0.6) is 0 Å². The van der Waals surface area contributed by atoms with Crippen molar-refractivity contribution in [1.82, 2.24) is 0 Å². The van der Waals surface area contributed by atoms with E-state index in [9.17, 15) is 5.11 Å². The minimum absolute atomic E-state index is 0.343. The van der Waals surface area contributed by atoms with Gasteiger partial charge in [0.2, 0.25) is 0 Å². The van der Waals surface area contributed by atoms with Crippen molar-refractivity contribution >= 4 is 38.5 Å². The van der Waals surface area contributed by atoms with Gasteiger partial charge >= 0.3 is 0 Å². The van der Waals surface area contributed by atoms with Crippen LogP contribution in [0.3, 0.4) is 0 Å². The van der Waals surface area contributed by atoms with Crippen molar-refractivity contribution in [1.29, 1.82) is 0 Å². The standard InChI is InChI=1S/C12H16BrIO/c1-3-8(2)6-12(15)10-7-9(13)4-5-11(10)14/h4-5,7-8,12,15H,3,6H2,1-2H3. The molecular formula is C12H16BrIO. The zero-order valence-corrected chi connectivity index (χ0v) is 12.7. The fourth-order valence-electron chi connectivity index (χ4n) is 1.44. The molecular weight excluding hydrogens is 367 g/mol. The second kappa shape index (κ2) is 6.21. The molecule has 0 saturated heterocycles. The first-order chi connectivity index (χ1) is 7.04. The largest absolute Gasteiger partial charge is 0.388 e. The normalized spacial score (nSPS) is 15.0. The Kier molecular flexibility index (Phi) is 5.57. The van der Waals surface area contributed by atoms with E-state index in [-0.39, 0.29) is 6.10 Å². The van der Waals surface area contributed by atoms with Gasteiger partial charge in [-0.15, -0.1) is 0 Å². The van der Waals surface area contributed by atoms with E-state index < -0.39 is 0 Å². The minimum Gasteiger partial charge on any atom is -0.388 e. The molecule has 84 valence electrons. The first kappa shape index (κ1) is 13.5. The molecule has 0 saturated carbocycles. The summed E-state index contributed by atoms with van der Waals surface area (Å²) in [5.74, 6) is 0.565. The van der Waals surface area contributed by atoms with Gasteiger partial charge in [-0.05, 0) is 58.7 Å². The minimum atomic E-state index is -0.343. The summed E-state index contributed by atoms with van der Waals surface area (Å²) in [6, 6.07) is 6.04. The summed E-state index contributed by atoms with van der Waals surface area (Å²) in [6.45, 7) is 4.33. The van der Waals surface area contributed by atoms with Crippen LogP contribution in [-0.4, -0.2) is 5.11 Å². The predicted octanol–water partition coefficient (Wildman–Crippen LogP) is 4.52. The van der Waals surface area contributed by atoms with Crippen molar-refractivity contribution in [2.45, 2.75) is 32.8 Å². The molecule has 1 N–H and O–H groups in total. The Labute approximate surface area is 114 Å². The molecule has 0 aliphatic heterocycles. The summed E-state index contributed by atoms with van der Waals surface area (Å²) in [5, 5.41) is 10.1. The summed E-state index contributed by atoms with van der Waals surface area (Å²) in [5.41, 5.74) is 1.03. The number of halogens is 2. The average molecular weight is 383 g/mol. The van der Waals surface area contributed by atoms with Crippen LogP contribution < -0.4 is 0 Å². The highest BCUT2D eigenvalue weighted by Gasteiger charge is 2.14. The lowest BCUT2D eigenvalue weighted by molar-refractivity contribution is 0.145. The molecule has 2 unspecified atom stereocenters. The lowest BCUT2D eigenvalue weighted by atomic mass is 9.96. The highest BCUT2D eigenvalue weighted by molar-refractivity contribution is 14.1. The second-order valence-corrected chi connectivity index (χ2v) is 6.01. The van der Waals surface area contributed by atoms with Crippen LogP contribution in [0, 0.1) is 9.49 Å². The van der Waals surface area contributed by atoms with E-state index in [0.717, 1.165) is 26.4 Å². The van der Waals surface area contributed by atoms with Gasteiger partial charge in [-0.2, -0.15) is 0 Å². The maximum atomic E-state index is 10.1. The lowest BCUT2D eigenvalue weighted by Gasteiger charge is -2.16. The Bertz CT molecular complexity index is 327. The molecule has 0 amide bonds. The number of hydrogen-bond donors (Lipinski definition) is 1. The molecule has 0 bridgehead atoms. The third kappa shape index (κ3) is 4.04. The van der Waals surface area contributed by atoms with Gasteiger partial charge in [0.25, 0.3) is 0 Å². The van der Waals surface area contributed by atoms with Crippen LogP contribution in [-0.2, 0) is 0 Å². The summed E-state index contributed by atoms with van der Waals surface area (Å²) in [4.78, 5) is 0. The van der Waals surface area contributed by atoms with Crippen molar-refractivity contribution in [3.05, 3.63) is 31.8 Å². The van der Waals surface area contributed by atoms with Gasteiger partial charge in [0.15, 0.2) is 0 Å². The van der Waals surface area contributed by atoms with E-state index in [4.69, 9.17) is 0 Å². The summed E-state index contributed by atoms with van der Waals surface area (Å²) in [6.07, 6.45) is 1.61. The Morgan fingerprint density at radius 2 is 2.13 bits per heavy atom. The number of aliphatic hydroxyl groups excluding tert-OH is 1. The van der Waals surface area contributed by atoms with Crippen molar-refractivity contribution < 1.29 is 5.11 Å². The third-order valence-electron chi connectivity index (χ3n) is 2.64. The smallest absolute Gasteiger partial charge is 0.0803 e. The first-order valence-electron chi connectivity index (χ1n) is 5.17. The third-order valence-corrected chi connectivity index (χ3v) is 4.12. The van der Waals surface area contributed by atoms with Gasteiger partial charge in [0.1, 0.15) is 0 Å². The Morgan fingerprint density at radius 3 is 2.73 bits per heavy atom. The zero-order chi connectivity index (χ0) is 11.4. The summed E-state index contributed by atoms with van der Waals surface area (Å²) in [7, 11) is 0. The van der Waals surface area contributed by atoms with E-state index >= 15 is 0 Å².